The van der Waals surface area contributed by atoms with E-state index in [9.17, 15) is 5.11 Å². The summed E-state index contributed by atoms with van der Waals surface area (Å²) >= 11 is 7.51. The van der Waals surface area contributed by atoms with Crippen molar-refractivity contribution in [3.8, 4) is 0 Å². The molecule has 1 nitrogen and oxygen atoms in total. The van der Waals surface area contributed by atoms with Crippen LogP contribution < -0.4 is 0 Å². The number of rotatable bonds is 2. The van der Waals surface area contributed by atoms with E-state index >= 15 is 0 Å². The van der Waals surface area contributed by atoms with Crippen molar-refractivity contribution in [3.05, 3.63) is 56.2 Å². The molecule has 1 aromatic carbocycles. The second-order valence-electron chi connectivity index (χ2n) is 3.85. The topological polar surface area (TPSA) is 20.2 Å². The zero-order valence-corrected chi connectivity index (χ0v) is 10.8. The molecule has 84 valence electrons. The van der Waals surface area contributed by atoms with Gasteiger partial charge in [-0.05, 0) is 49.2 Å². The maximum atomic E-state index is 10.2. The van der Waals surface area contributed by atoms with Crippen molar-refractivity contribution in [2.45, 2.75) is 20.0 Å². The van der Waals surface area contributed by atoms with Crippen LogP contribution in [0.15, 0.2) is 30.3 Å². The highest BCUT2D eigenvalue weighted by Gasteiger charge is 2.14. The number of aryl methyl sites for hydroxylation is 2. The Morgan fingerprint density at radius 1 is 1.19 bits per heavy atom. The highest BCUT2D eigenvalue weighted by atomic mass is 35.5. The molecule has 1 N–H and O–H groups in total. The van der Waals surface area contributed by atoms with Crippen molar-refractivity contribution in [1.29, 1.82) is 0 Å². The smallest absolute Gasteiger partial charge is 0.113 e. The van der Waals surface area contributed by atoms with E-state index in [0.29, 0.717) is 5.02 Å². The van der Waals surface area contributed by atoms with Gasteiger partial charge in [-0.1, -0.05) is 17.7 Å². The van der Waals surface area contributed by atoms with Crippen LogP contribution in [0.3, 0.4) is 0 Å². The number of thiophene rings is 1. The van der Waals surface area contributed by atoms with Gasteiger partial charge in [0.2, 0.25) is 0 Å². The van der Waals surface area contributed by atoms with Gasteiger partial charge < -0.3 is 5.11 Å². The Labute approximate surface area is 104 Å². The molecule has 1 heterocycles. The molecule has 0 bridgehead atoms. The lowest BCUT2D eigenvalue weighted by Crippen LogP contribution is -1.99. The SMILES string of the molecule is Cc1ccc([C@@H](O)c2ccc(Cl)cc2C)s1. The third-order valence-electron chi connectivity index (χ3n) is 2.56. The number of hydrogen-bond acceptors (Lipinski definition) is 2. The van der Waals surface area contributed by atoms with Crippen LogP contribution in [-0.2, 0) is 0 Å². The number of halogens is 1. The van der Waals surface area contributed by atoms with E-state index in [2.05, 4.69) is 0 Å². The molecule has 3 heteroatoms. The molecule has 16 heavy (non-hydrogen) atoms. The van der Waals surface area contributed by atoms with Crippen LogP contribution in [0.2, 0.25) is 5.02 Å². The first-order valence-electron chi connectivity index (χ1n) is 5.08. The quantitative estimate of drug-likeness (QED) is 0.853. The molecule has 1 aromatic heterocycles. The lowest BCUT2D eigenvalue weighted by Gasteiger charge is -2.12. The standard InChI is InChI=1S/C13H13ClOS/c1-8-7-10(14)4-5-11(8)13(15)12-6-3-9(2)16-12/h3-7,13,15H,1-2H3/t13-/m0/s1. The van der Waals surface area contributed by atoms with Gasteiger partial charge in [-0.2, -0.15) is 0 Å². The fourth-order valence-corrected chi connectivity index (χ4v) is 2.81. The minimum atomic E-state index is -0.545. The van der Waals surface area contributed by atoms with Crippen LogP contribution in [0.5, 0.6) is 0 Å². The number of aliphatic hydroxyl groups excluding tert-OH is 1. The second-order valence-corrected chi connectivity index (χ2v) is 5.61. The monoisotopic (exact) mass is 252 g/mol. The minimum absolute atomic E-state index is 0.545. The van der Waals surface area contributed by atoms with Crippen molar-refractivity contribution in [2.24, 2.45) is 0 Å². The molecule has 0 spiro atoms. The zero-order valence-electron chi connectivity index (χ0n) is 9.20. The third kappa shape index (κ3) is 2.29. The van der Waals surface area contributed by atoms with E-state index in [1.54, 1.807) is 11.3 Å². The molecule has 0 fully saturated rings. The molecule has 0 saturated carbocycles. The Balaban J connectivity index is 2.37. The molecule has 0 aliphatic rings. The van der Waals surface area contributed by atoms with E-state index in [-0.39, 0.29) is 0 Å². The largest absolute Gasteiger partial charge is 0.383 e. The van der Waals surface area contributed by atoms with Gasteiger partial charge in [0.1, 0.15) is 6.10 Å². The van der Waals surface area contributed by atoms with Crippen LogP contribution in [0.25, 0.3) is 0 Å². The van der Waals surface area contributed by atoms with Crippen molar-refractivity contribution in [1.82, 2.24) is 0 Å². The maximum Gasteiger partial charge on any atom is 0.113 e. The summed E-state index contributed by atoms with van der Waals surface area (Å²) in [7, 11) is 0. The van der Waals surface area contributed by atoms with Gasteiger partial charge in [0.05, 0.1) is 0 Å². The third-order valence-corrected chi connectivity index (χ3v) is 3.85. The number of aliphatic hydroxyl groups is 1. The predicted molar refractivity (Wildman–Crippen MR) is 69.3 cm³/mol. The Morgan fingerprint density at radius 2 is 1.94 bits per heavy atom. The van der Waals surface area contributed by atoms with Crippen LogP contribution in [0, 0.1) is 13.8 Å². The molecule has 0 radical (unpaired) electrons. The molecule has 1 atom stereocenters. The Hall–Kier alpha value is -0.830. The average Bonchev–Trinajstić information content (AvgIpc) is 2.64. The molecule has 0 amide bonds. The summed E-state index contributed by atoms with van der Waals surface area (Å²) in [6, 6.07) is 9.57. The van der Waals surface area contributed by atoms with E-state index in [0.717, 1.165) is 16.0 Å². The van der Waals surface area contributed by atoms with Gasteiger partial charge in [-0.25, -0.2) is 0 Å². The minimum Gasteiger partial charge on any atom is -0.383 e. The summed E-state index contributed by atoms with van der Waals surface area (Å²) in [5.41, 5.74) is 1.94. The van der Waals surface area contributed by atoms with E-state index in [1.165, 1.54) is 4.88 Å². The Kier molecular flexibility index (Phi) is 3.33. The van der Waals surface area contributed by atoms with Gasteiger partial charge in [0, 0.05) is 14.8 Å². The van der Waals surface area contributed by atoms with Crippen LogP contribution >= 0.6 is 22.9 Å². The molecule has 2 rings (SSSR count). The fourth-order valence-electron chi connectivity index (χ4n) is 1.70. The summed E-state index contributed by atoms with van der Waals surface area (Å²) in [6.45, 7) is 4.00. The number of benzene rings is 1. The van der Waals surface area contributed by atoms with Gasteiger partial charge in [-0.15, -0.1) is 11.3 Å². The average molecular weight is 253 g/mol. The van der Waals surface area contributed by atoms with Gasteiger partial charge in [-0.3, -0.25) is 0 Å². The summed E-state index contributed by atoms with van der Waals surface area (Å²) in [6.07, 6.45) is -0.545. The van der Waals surface area contributed by atoms with Crippen LogP contribution in [-0.4, -0.2) is 5.11 Å². The first kappa shape index (κ1) is 11.6. The lowest BCUT2D eigenvalue weighted by molar-refractivity contribution is 0.223. The normalized spacial score (nSPS) is 12.8. The van der Waals surface area contributed by atoms with Crippen molar-refractivity contribution >= 4 is 22.9 Å². The Bertz CT molecular complexity index is 504. The summed E-state index contributed by atoms with van der Waals surface area (Å²) in [5, 5.41) is 10.9. The van der Waals surface area contributed by atoms with Gasteiger partial charge in [0.25, 0.3) is 0 Å². The first-order chi connectivity index (χ1) is 7.58. The van der Waals surface area contributed by atoms with E-state index in [4.69, 9.17) is 11.6 Å². The first-order valence-corrected chi connectivity index (χ1v) is 6.28. The zero-order chi connectivity index (χ0) is 11.7. The van der Waals surface area contributed by atoms with Gasteiger partial charge in [0.15, 0.2) is 0 Å². The van der Waals surface area contributed by atoms with Crippen molar-refractivity contribution < 1.29 is 5.11 Å². The molecule has 0 aliphatic heterocycles. The fraction of sp³-hybridized carbons (Fsp3) is 0.231. The van der Waals surface area contributed by atoms with Crippen molar-refractivity contribution in [3.63, 3.8) is 0 Å². The lowest BCUT2D eigenvalue weighted by atomic mass is 10.0. The van der Waals surface area contributed by atoms with Gasteiger partial charge >= 0.3 is 0 Å². The van der Waals surface area contributed by atoms with E-state index < -0.39 is 6.10 Å². The second kappa shape index (κ2) is 4.58. The highest BCUT2D eigenvalue weighted by Crippen LogP contribution is 2.30. The van der Waals surface area contributed by atoms with Crippen molar-refractivity contribution in [2.75, 3.05) is 0 Å². The predicted octanol–water partition coefficient (Wildman–Crippen LogP) is 4.10. The van der Waals surface area contributed by atoms with Crippen LogP contribution in [0.1, 0.15) is 27.0 Å². The molecular formula is C13H13ClOS. The molecule has 2 aromatic rings. The summed E-state index contributed by atoms with van der Waals surface area (Å²) in [4.78, 5) is 2.18. The molecule has 0 aliphatic carbocycles. The molecule has 0 saturated heterocycles. The summed E-state index contributed by atoms with van der Waals surface area (Å²) in [5.74, 6) is 0. The Morgan fingerprint density at radius 3 is 2.50 bits per heavy atom. The van der Waals surface area contributed by atoms with E-state index in [1.807, 2.05) is 44.2 Å². The summed E-state index contributed by atoms with van der Waals surface area (Å²) < 4.78 is 0. The molecular weight excluding hydrogens is 240 g/mol. The highest BCUT2D eigenvalue weighted by molar-refractivity contribution is 7.12. The van der Waals surface area contributed by atoms with Crippen LogP contribution in [0.4, 0.5) is 0 Å². The maximum absolute atomic E-state index is 10.2. The molecule has 0 unspecified atom stereocenters. The number of hydrogen-bond donors (Lipinski definition) is 1.